The summed E-state index contributed by atoms with van der Waals surface area (Å²) in [5, 5.41) is 3.96. The number of carbonyl (C=O) groups excluding carboxylic acids is 1. The highest BCUT2D eigenvalue weighted by atomic mass is 16.7. The van der Waals surface area contributed by atoms with Gasteiger partial charge in [0.05, 0.1) is 5.71 Å². The molecule has 0 N–H and O–H groups in total. The van der Waals surface area contributed by atoms with Crippen molar-refractivity contribution in [3.8, 4) is 0 Å². The minimum atomic E-state index is -0.368. The summed E-state index contributed by atoms with van der Waals surface area (Å²) in [6.45, 7) is 1.37. The van der Waals surface area contributed by atoms with Crippen LogP contribution in [0.15, 0.2) is 41.1 Å². The predicted molar refractivity (Wildman–Crippen MR) is 72.1 cm³/mol. The topological polar surface area (TPSA) is 38.7 Å². The van der Waals surface area contributed by atoms with Crippen LogP contribution >= 0.6 is 0 Å². The Balaban J connectivity index is 2.20. The molecule has 1 fully saturated rings. The first kappa shape index (κ1) is 12.6. The van der Waals surface area contributed by atoms with Crippen LogP contribution in [0.2, 0.25) is 0 Å². The van der Waals surface area contributed by atoms with Gasteiger partial charge in [0.1, 0.15) is 0 Å². The maximum atomic E-state index is 10.8. The zero-order chi connectivity index (χ0) is 12.8. The van der Waals surface area contributed by atoms with Crippen LogP contribution in [0.1, 0.15) is 38.2 Å². The monoisotopic (exact) mass is 243 g/mol. The molecule has 2 rings (SSSR count). The molecule has 0 aliphatic heterocycles. The van der Waals surface area contributed by atoms with E-state index in [1.54, 1.807) is 0 Å². The van der Waals surface area contributed by atoms with Gasteiger partial charge < -0.3 is 4.84 Å². The fraction of sp³-hybridized carbons (Fsp3) is 0.333. The summed E-state index contributed by atoms with van der Waals surface area (Å²) in [7, 11) is 0. The highest BCUT2D eigenvalue weighted by Gasteiger charge is 2.14. The Labute approximate surface area is 107 Å². The van der Waals surface area contributed by atoms with Gasteiger partial charge in [-0.2, -0.15) is 0 Å². The quantitative estimate of drug-likeness (QED) is 0.588. The molecule has 0 unspecified atom stereocenters. The number of oxime groups is 1. The molecule has 0 amide bonds. The summed E-state index contributed by atoms with van der Waals surface area (Å²) in [5.41, 5.74) is 3.24. The summed E-state index contributed by atoms with van der Waals surface area (Å²) in [5.74, 6) is -0.368. The van der Waals surface area contributed by atoms with Crippen molar-refractivity contribution in [3.05, 3.63) is 41.5 Å². The van der Waals surface area contributed by atoms with E-state index >= 15 is 0 Å². The molecule has 0 atom stereocenters. The second-order valence-electron chi connectivity index (χ2n) is 4.41. The molecule has 1 aromatic rings. The third-order valence-electron chi connectivity index (χ3n) is 2.91. The van der Waals surface area contributed by atoms with Crippen molar-refractivity contribution in [3.63, 3.8) is 0 Å². The highest BCUT2D eigenvalue weighted by molar-refractivity contribution is 6.04. The standard InChI is InChI=1S/C15H17NO2/c1-12(17)18-16-15-10-6-5-9-14(15)11-13-7-3-2-4-8-13/h2-4,7-8,11H,5-6,9-10H2,1H3/b14-11+,16-15+. The number of benzene rings is 1. The first-order chi connectivity index (χ1) is 8.75. The Morgan fingerprint density at radius 3 is 2.67 bits per heavy atom. The molecule has 18 heavy (non-hydrogen) atoms. The SMILES string of the molecule is CC(=O)O/N=C1\CCCC\C1=C/c1ccccc1. The largest absolute Gasteiger partial charge is 0.331 e. The fourth-order valence-electron chi connectivity index (χ4n) is 2.04. The fourth-order valence-corrected chi connectivity index (χ4v) is 2.04. The Morgan fingerprint density at radius 1 is 1.22 bits per heavy atom. The first-order valence-corrected chi connectivity index (χ1v) is 6.26. The molecule has 0 spiro atoms. The molecular formula is C15H17NO2. The Kier molecular flexibility index (Phi) is 4.29. The van der Waals surface area contributed by atoms with E-state index < -0.39 is 0 Å². The van der Waals surface area contributed by atoms with Crippen LogP contribution in [0, 0.1) is 0 Å². The smallest absolute Gasteiger partial charge is 0.318 e. The van der Waals surface area contributed by atoms with E-state index in [1.807, 2.05) is 18.2 Å². The average molecular weight is 243 g/mol. The van der Waals surface area contributed by atoms with Gasteiger partial charge >= 0.3 is 5.97 Å². The molecule has 1 aromatic carbocycles. The van der Waals surface area contributed by atoms with E-state index in [9.17, 15) is 4.79 Å². The maximum Gasteiger partial charge on any atom is 0.331 e. The number of hydrogen-bond acceptors (Lipinski definition) is 3. The molecular weight excluding hydrogens is 226 g/mol. The molecule has 3 heteroatoms. The van der Waals surface area contributed by atoms with E-state index in [1.165, 1.54) is 12.5 Å². The van der Waals surface area contributed by atoms with Crippen LogP contribution in [0.3, 0.4) is 0 Å². The predicted octanol–water partition coefficient (Wildman–Crippen LogP) is 3.56. The Bertz CT molecular complexity index is 475. The summed E-state index contributed by atoms with van der Waals surface area (Å²) >= 11 is 0. The van der Waals surface area contributed by atoms with Gasteiger partial charge in [0, 0.05) is 6.92 Å². The van der Waals surface area contributed by atoms with Crippen molar-refractivity contribution in [1.29, 1.82) is 0 Å². The van der Waals surface area contributed by atoms with Crippen LogP contribution in [0.5, 0.6) is 0 Å². The van der Waals surface area contributed by atoms with Crippen molar-refractivity contribution in [2.24, 2.45) is 5.16 Å². The second kappa shape index (κ2) is 6.15. The molecule has 0 saturated heterocycles. The van der Waals surface area contributed by atoms with Gasteiger partial charge in [-0.15, -0.1) is 0 Å². The Morgan fingerprint density at radius 2 is 1.94 bits per heavy atom. The van der Waals surface area contributed by atoms with E-state index in [0.717, 1.165) is 37.0 Å². The lowest BCUT2D eigenvalue weighted by molar-refractivity contribution is -0.140. The van der Waals surface area contributed by atoms with Crippen LogP contribution < -0.4 is 0 Å². The van der Waals surface area contributed by atoms with Crippen LogP contribution in [-0.2, 0) is 9.63 Å². The number of allylic oxidation sites excluding steroid dienone is 1. The summed E-state index contributed by atoms with van der Waals surface area (Å²) in [4.78, 5) is 15.6. The lowest BCUT2D eigenvalue weighted by Crippen LogP contribution is -2.10. The lowest BCUT2D eigenvalue weighted by atomic mass is 9.91. The molecule has 0 heterocycles. The van der Waals surface area contributed by atoms with Crippen LogP contribution in [0.25, 0.3) is 6.08 Å². The molecule has 0 radical (unpaired) electrons. The summed E-state index contributed by atoms with van der Waals surface area (Å²) in [6, 6.07) is 10.1. The molecule has 94 valence electrons. The van der Waals surface area contributed by atoms with Crippen LogP contribution in [0.4, 0.5) is 0 Å². The van der Waals surface area contributed by atoms with Gasteiger partial charge in [0.15, 0.2) is 0 Å². The van der Waals surface area contributed by atoms with E-state index in [0.29, 0.717) is 0 Å². The van der Waals surface area contributed by atoms with Crippen molar-refractivity contribution in [2.45, 2.75) is 32.6 Å². The van der Waals surface area contributed by atoms with E-state index in [4.69, 9.17) is 4.84 Å². The third-order valence-corrected chi connectivity index (χ3v) is 2.91. The number of rotatable bonds is 2. The van der Waals surface area contributed by atoms with Gasteiger partial charge in [0.25, 0.3) is 0 Å². The van der Waals surface area contributed by atoms with Crippen LogP contribution in [-0.4, -0.2) is 11.7 Å². The highest BCUT2D eigenvalue weighted by Crippen LogP contribution is 2.23. The maximum absolute atomic E-state index is 10.8. The zero-order valence-corrected chi connectivity index (χ0v) is 10.6. The average Bonchev–Trinajstić information content (AvgIpc) is 2.39. The second-order valence-corrected chi connectivity index (χ2v) is 4.41. The van der Waals surface area contributed by atoms with Gasteiger partial charge in [-0.25, -0.2) is 4.79 Å². The number of hydrogen-bond donors (Lipinski definition) is 0. The molecule has 1 aliphatic rings. The summed E-state index contributed by atoms with van der Waals surface area (Å²) < 4.78 is 0. The van der Waals surface area contributed by atoms with E-state index in [2.05, 4.69) is 23.4 Å². The molecule has 0 bridgehead atoms. The number of nitrogens with zero attached hydrogens (tertiary/aromatic N) is 1. The molecule has 1 saturated carbocycles. The van der Waals surface area contributed by atoms with Crippen molar-refractivity contribution >= 4 is 17.8 Å². The van der Waals surface area contributed by atoms with Gasteiger partial charge in [-0.1, -0.05) is 35.5 Å². The van der Waals surface area contributed by atoms with Crippen molar-refractivity contribution in [1.82, 2.24) is 0 Å². The van der Waals surface area contributed by atoms with Crippen molar-refractivity contribution < 1.29 is 9.63 Å². The van der Waals surface area contributed by atoms with Gasteiger partial charge in [-0.05, 0) is 42.9 Å². The Hall–Kier alpha value is -1.90. The van der Waals surface area contributed by atoms with Gasteiger partial charge in [-0.3, -0.25) is 0 Å². The van der Waals surface area contributed by atoms with Crippen molar-refractivity contribution in [2.75, 3.05) is 0 Å². The lowest BCUT2D eigenvalue weighted by Gasteiger charge is -2.16. The first-order valence-electron chi connectivity index (χ1n) is 6.26. The van der Waals surface area contributed by atoms with E-state index in [-0.39, 0.29) is 5.97 Å². The zero-order valence-electron chi connectivity index (χ0n) is 10.6. The molecule has 1 aliphatic carbocycles. The normalized spacial score (nSPS) is 20.1. The minimum absolute atomic E-state index is 0.368. The van der Waals surface area contributed by atoms with Gasteiger partial charge in [0.2, 0.25) is 0 Å². The summed E-state index contributed by atoms with van der Waals surface area (Å²) in [6.07, 6.45) is 6.27. The molecule has 3 nitrogen and oxygen atoms in total. The molecule has 0 aromatic heterocycles. The third kappa shape index (κ3) is 3.55. The number of carbonyl (C=O) groups is 1. The minimum Gasteiger partial charge on any atom is -0.318 e.